The molecule has 1 amide bonds. The molecule has 1 unspecified atom stereocenters. The molecule has 5 heteroatoms. The van der Waals surface area contributed by atoms with Gasteiger partial charge in [0.1, 0.15) is 11.5 Å². The number of furan rings is 1. The molecule has 0 fully saturated rings. The van der Waals surface area contributed by atoms with Crippen LogP contribution >= 0.6 is 0 Å². The van der Waals surface area contributed by atoms with E-state index in [0.29, 0.717) is 12.8 Å². The number of ether oxygens (including phenoxy) is 2. The van der Waals surface area contributed by atoms with Crippen molar-refractivity contribution in [3.8, 4) is 11.5 Å². The van der Waals surface area contributed by atoms with Crippen LogP contribution in [-0.2, 0) is 17.6 Å². The summed E-state index contributed by atoms with van der Waals surface area (Å²) in [6, 6.07) is 7.93. The molecule has 1 aromatic carbocycles. The number of rotatable bonds is 4. The Morgan fingerprint density at radius 2 is 2.04 bits per heavy atom. The van der Waals surface area contributed by atoms with Gasteiger partial charge >= 0.3 is 0 Å². The molecule has 1 aliphatic heterocycles. The number of amides is 1. The van der Waals surface area contributed by atoms with Crippen molar-refractivity contribution in [1.82, 2.24) is 5.32 Å². The molecule has 2 aliphatic rings. The average Bonchev–Trinajstić information content (AvgIpc) is 3.17. The van der Waals surface area contributed by atoms with Crippen LogP contribution in [0.15, 0.2) is 28.7 Å². The maximum absolute atomic E-state index is 12.5. The van der Waals surface area contributed by atoms with Crippen molar-refractivity contribution in [2.45, 2.75) is 52.5 Å². The summed E-state index contributed by atoms with van der Waals surface area (Å²) in [6.07, 6.45) is 2.97. The van der Waals surface area contributed by atoms with Gasteiger partial charge in [-0.05, 0) is 48.9 Å². The monoisotopic (exact) mass is 355 g/mol. The van der Waals surface area contributed by atoms with E-state index in [-0.39, 0.29) is 24.2 Å². The Morgan fingerprint density at radius 1 is 1.23 bits per heavy atom. The van der Waals surface area contributed by atoms with Crippen molar-refractivity contribution in [2.75, 3.05) is 6.79 Å². The molecule has 0 bridgehead atoms. The summed E-state index contributed by atoms with van der Waals surface area (Å²) in [4.78, 5) is 12.5. The fraction of sp³-hybridized carbons (Fsp3) is 0.476. The molecule has 4 rings (SSSR count). The lowest BCUT2D eigenvalue weighted by molar-refractivity contribution is -0.122. The largest absolute Gasteiger partial charge is 0.466 e. The number of carbonyl (C=O) groups excluding carboxylic acids is 1. The number of carbonyl (C=O) groups is 1. The molecular formula is C21H25NO4. The fourth-order valence-electron chi connectivity index (χ4n) is 3.93. The van der Waals surface area contributed by atoms with E-state index in [1.165, 1.54) is 0 Å². The summed E-state index contributed by atoms with van der Waals surface area (Å²) < 4.78 is 16.6. The molecule has 138 valence electrons. The van der Waals surface area contributed by atoms with Crippen LogP contribution in [0.25, 0.3) is 0 Å². The molecular weight excluding hydrogens is 330 g/mol. The molecule has 1 atom stereocenters. The molecule has 1 N–H and O–H groups in total. The number of hydrogen-bond acceptors (Lipinski definition) is 4. The van der Waals surface area contributed by atoms with Gasteiger partial charge in [-0.25, -0.2) is 0 Å². The number of nitrogens with one attached hydrogen (secondary N) is 1. The zero-order valence-corrected chi connectivity index (χ0v) is 15.6. The molecule has 1 aromatic heterocycles. The van der Waals surface area contributed by atoms with Crippen LogP contribution in [0, 0.1) is 12.3 Å². The topological polar surface area (TPSA) is 60.7 Å². The van der Waals surface area contributed by atoms with E-state index in [2.05, 4.69) is 25.2 Å². The zero-order chi connectivity index (χ0) is 18.3. The molecule has 2 heterocycles. The van der Waals surface area contributed by atoms with Crippen molar-refractivity contribution in [3.05, 3.63) is 46.9 Å². The molecule has 5 nitrogen and oxygen atoms in total. The fourth-order valence-corrected chi connectivity index (χ4v) is 3.93. The van der Waals surface area contributed by atoms with Gasteiger partial charge in [-0.1, -0.05) is 19.9 Å². The second-order valence-corrected chi connectivity index (χ2v) is 8.09. The first kappa shape index (κ1) is 17.0. The third kappa shape index (κ3) is 3.43. The molecule has 0 saturated heterocycles. The average molecular weight is 355 g/mol. The summed E-state index contributed by atoms with van der Waals surface area (Å²) in [6.45, 7) is 6.67. The summed E-state index contributed by atoms with van der Waals surface area (Å²) in [7, 11) is 0. The highest BCUT2D eigenvalue weighted by atomic mass is 16.7. The van der Waals surface area contributed by atoms with Gasteiger partial charge in [-0.15, -0.1) is 0 Å². The zero-order valence-electron chi connectivity index (χ0n) is 15.6. The highest BCUT2D eigenvalue weighted by Gasteiger charge is 2.35. The highest BCUT2D eigenvalue weighted by molar-refractivity contribution is 5.77. The minimum Gasteiger partial charge on any atom is -0.466 e. The minimum atomic E-state index is 0.0236. The first-order chi connectivity index (χ1) is 12.4. The first-order valence-electron chi connectivity index (χ1n) is 9.17. The quantitative estimate of drug-likeness (QED) is 0.898. The molecule has 0 saturated carbocycles. The van der Waals surface area contributed by atoms with Gasteiger partial charge in [0, 0.05) is 18.4 Å². The third-order valence-corrected chi connectivity index (χ3v) is 5.15. The molecule has 2 aromatic rings. The predicted molar refractivity (Wildman–Crippen MR) is 97.3 cm³/mol. The van der Waals surface area contributed by atoms with Crippen molar-refractivity contribution in [1.29, 1.82) is 0 Å². The van der Waals surface area contributed by atoms with Crippen LogP contribution in [0.3, 0.4) is 0 Å². The van der Waals surface area contributed by atoms with Crippen LogP contribution in [0.4, 0.5) is 0 Å². The number of fused-ring (bicyclic) bond motifs is 2. The van der Waals surface area contributed by atoms with Crippen LogP contribution in [0.1, 0.15) is 55.4 Å². The van der Waals surface area contributed by atoms with Gasteiger partial charge in [-0.3, -0.25) is 4.79 Å². The lowest BCUT2D eigenvalue weighted by Crippen LogP contribution is -2.36. The molecule has 1 aliphatic carbocycles. The number of aryl methyl sites for hydroxylation is 2. The van der Waals surface area contributed by atoms with Gasteiger partial charge in [0.25, 0.3) is 0 Å². The second kappa shape index (κ2) is 6.38. The van der Waals surface area contributed by atoms with E-state index in [0.717, 1.165) is 47.0 Å². The summed E-state index contributed by atoms with van der Waals surface area (Å²) in [5.41, 5.74) is 2.33. The maximum atomic E-state index is 12.5. The van der Waals surface area contributed by atoms with E-state index >= 15 is 0 Å². The number of benzene rings is 1. The van der Waals surface area contributed by atoms with Crippen molar-refractivity contribution >= 4 is 5.91 Å². The lowest BCUT2D eigenvalue weighted by atomic mass is 9.74. The minimum absolute atomic E-state index is 0.0236. The Balaban J connectivity index is 1.40. The smallest absolute Gasteiger partial charge is 0.231 e. The predicted octanol–water partition coefficient (Wildman–Crippen LogP) is 4.08. The van der Waals surface area contributed by atoms with Gasteiger partial charge in [-0.2, -0.15) is 0 Å². The second-order valence-electron chi connectivity index (χ2n) is 8.09. The summed E-state index contributed by atoms with van der Waals surface area (Å²) >= 11 is 0. The lowest BCUT2D eigenvalue weighted by Gasteiger charge is -2.34. The van der Waals surface area contributed by atoms with Gasteiger partial charge in [0.2, 0.25) is 12.7 Å². The Bertz CT molecular complexity index is 837. The Hall–Kier alpha value is -2.43. The standard InChI is InChI=1S/C21H25NO4/c1-13-8-15-16(10-21(2,3)11-19(15)26-13)22-20(23)7-5-14-4-6-17-18(9-14)25-12-24-17/h4,6,8-9,16H,5,7,10-12H2,1-3H3,(H,22,23). The van der Waals surface area contributed by atoms with Crippen LogP contribution < -0.4 is 14.8 Å². The van der Waals surface area contributed by atoms with E-state index in [9.17, 15) is 4.79 Å². The van der Waals surface area contributed by atoms with Crippen LogP contribution in [-0.4, -0.2) is 12.7 Å². The van der Waals surface area contributed by atoms with Crippen LogP contribution in [0.5, 0.6) is 11.5 Å². The van der Waals surface area contributed by atoms with Crippen LogP contribution in [0.2, 0.25) is 0 Å². The van der Waals surface area contributed by atoms with Gasteiger partial charge in [0.05, 0.1) is 6.04 Å². The maximum Gasteiger partial charge on any atom is 0.231 e. The summed E-state index contributed by atoms with van der Waals surface area (Å²) in [5, 5.41) is 3.21. The highest BCUT2D eigenvalue weighted by Crippen LogP contribution is 2.42. The number of hydrogen-bond donors (Lipinski definition) is 1. The van der Waals surface area contributed by atoms with Gasteiger partial charge in [0.15, 0.2) is 11.5 Å². The van der Waals surface area contributed by atoms with E-state index < -0.39 is 0 Å². The molecule has 0 radical (unpaired) electrons. The van der Waals surface area contributed by atoms with Crippen molar-refractivity contribution < 1.29 is 18.7 Å². The normalized spacial score (nSPS) is 19.9. The third-order valence-electron chi connectivity index (χ3n) is 5.15. The van der Waals surface area contributed by atoms with E-state index in [4.69, 9.17) is 13.9 Å². The Morgan fingerprint density at radius 3 is 2.88 bits per heavy atom. The van der Waals surface area contributed by atoms with E-state index in [1.54, 1.807) is 0 Å². The van der Waals surface area contributed by atoms with Gasteiger partial charge < -0.3 is 19.2 Å². The first-order valence-corrected chi connectivity index (χ1v) is 9.17. The van der Waals surface area contributed by atoms with Crippen molar-refractivity contribution in [2.24, 2.45) is 5.41 Å². The molecule has 26 heavy (non-hydrogen) atoms. The SMILES string of the molecule is Cc1cc2c(o1)CC(C)(C)CC2NC(=O)CCc1ccc2c(c1)OCO2. The molecule has 0 spiro atoms. The van der Waals surface area contributed by atoms with E-state index in [1.807, 2.05) is 25.1 Å². The Kier molecular flexibility index (Phi) is 4.17. The summed E-state index contributed by atoms with van der Waals surface area (Å²) in [5.74, 6) is 3.52. The Labute approximate surface area is 153 Å². The van der Waals surface area contributed by atoms with Crippen molar-refractivity contribution in [3.63, 3.8) is 0 Å².